The van der Waals surface area contributed by atoms with Crippen molar-refractivity contribution in [3.63, 3.8) is 0 Å². The molecule has 0 aromatic heterocycles. The van der Waals surface area contributed by atoms with Crippen molar-refractivity contribution in [3.8, 4) is 0 Å². The zero-order valence-corrected chi connectivity index (χ0v) is 9.98. The van der Waals surface area contributed by atoms with Crippen LogP contribution < -0.4 is 0 Å². The predicted octanol–water partition coefficient (Wildman–Crippen LogP) is 4.11. The molecular weight excluding hydrogens is 224 g/mol. The summed E-state index contributed by atoms with van der Waals surface area (Å²) < 4.78 is 0. The van der Waals surface area contributed by atoms with E-state index in [-0.39, 0.29) is 0 Å². The van der Waals surface area contributed by atoms with Gasteiger partial charge in [0.15, 0.2) is 0 Å². The summed E-state index contributed by atoms with van der Waals surface area (Å²) in [5.74, 6) is 0. The number of rotatable bonds is 0. The van der Waals surface area contributed by atoms with Crippen LogP contribution in [0.15, 0.2) is 18.2 Å². The van der Waals surface area contributed by atoms with E-state index in [0.29, 0.717) is 10.2 Å². The Bertz CT molecular complexity index is 339. The van der Waals surface area contributed by atoms with E-state index in [2.05, 4.69) is 54.9 Å². The van der Waals surface area contributed by atoms with Crippen LogP contribution in [0.3, 0.4) is 0 Å². The summed E-state index contributed by atoms with van der Waals surface area (Å²) in [6, 6.07) is 6.81. The molecule has 1 aromatic carbocycles. The molecule has 0 nitrogen and oxygen atoms in total. The Morgan fingerprint density at radius 1 is 1.38 bits per heavy atom. The molecule has 13 heavy (non-hydrogen) atoms. The van der Waals surface area contributed by atoms with Gasteiger partial charge in [0.25, 0.3) is 0 Å². The quantitative estimate of drug-likeness (QED) is 0.597. The Morgan fingerprint density at radius 2 is 2.08 bits per heavy atom. The van der Waals surface area contributed by atoms with Crippen molar-refractivity contribution in [2.75, 3.05) is 0 Å². The highest BCUT2D eigenvalue weighted by molar-refractivity contribution is 9.09. The van der Waals surface area contributed by atoms with Crippen LogP contribution in [0.2, 0.25) is 0 Å². The molecule has 70 valence electrons. The lowest BCUT2D eigenvalue weighted by atomic mass is 9.86. The molecule has 0 saturated heterocycles. The first kappa shape index (κ1) is 9.26. The van der Waals surface area contributed by atoms with Gasteiger partial charge >= 0.3 is 0 Å². The number of alkyl halides is 1. The maximum atomic E-state index is 3.75. The molecule has 0 bridgehead atoms. The van der Waals surface area contributed by atoms with Gasteiger partial charge in [-0.2, -0.15) is 0 Å². The van der Waals surface area contributed by atoms with E-state index in [1.54, 1.807) is 0 Å². The van der Waals surface area contributed by atoms with Gasteiger partial charge in [0.2, 0.25) is 0 Å². The SMILES string of the molecule is Cc1ccc2c(c1)C(Br)CC2(C)C. The second-order valence-electron chi connectivity index (χ2n) is 4.65. The molecule has 1 atom stereocenters. The summed E-state index contributed by atoms with van der Waals surface area (Å²) in [6.07, 6.45) is 1.21. The van der Waals surface area contributed by atoms with Gasteiger partial charge in [-0.15, -0.1) is 0 Å². The Morgan fingerprint density at radius 3 is 2.77 bits per heavy atom. The van der Waals surface area contributed by atoms with E-state index in [4.69, 9.17) is 0 Å². The van der Waals surface area contributed by atoms with Gasteiger partial charge < -0.3 is 0 Å². The predicted molar refractivity (Wildman–Crippen MR) is 60.5 cm³/mol. The molecule has 1 aliphatic carbocycles. The van der Waals surface area contributed by atoms with Gasteiger partial charge in [-0.05, 0) is 29.9 Å². The molecule has 1 aromatic rings. The summed E-state index contributed by atoms with van der Waals surface area (Å²) in [5, 5.41) is 0. The van der Waals surface area contributed by atoms with Crippen molar-refractivity contribution < 1.29 is 0 Å². The average molecular weight is 239 g/mol. The summed E-state index contributed by atoms with van der Waals surface area (Å²) in [4.78, 5) is 0.553. The van der Waals surface area contributed by atoms with E-state index >= 15 is 0 Å². The van der Waals surface area contributed by atoms with E-state index < -0.39 is 0 Å². The molecule has 1 aliphatic rings. The van der Waals surface area contributed by atoms with Crippen molar-refractivity contribution in [1.82, 2.24) is 0 Å². The van der Waals surface area contributed by atoms with Crippen LogP contribution in [-0.2, 0) is 5.41 Å². The maximum Gasteiger partial charge on any atom is 0.0406 e. The molecule has 0 radical (unpaired) electrons. The molecule has 0 aliphatic heterocycles. The topological polar surface area (TPSA) is 0 Å². The van der Waals surface area contributed by atoms with Crippen molar-refractivity contribution in [3.05, 3.63) is 34.9 Å². The van der Waals surface area contributed by atoms with Crippen molar-refractivity contribution in [2.24, 2.45) is 0 Å². The summed E-state index contributed by atoms with van der Waals surface area (Å²) >= 11 is 3.75. The zero-order chi connectivity index (χ0) is 9.64. The lowest BCUT2D eigenvalue weighted by Crippen LogP contribution is -2.11. The number of benzene rings is 1. The molecule has 2 rings (SSSR count). The number of hydrogen-bond acceptors (Lipinski definition) is 0. The minimum absolute atomic E-state index is 0.344. The second-order valence-corrected chi connectivity index (χ2v) is 5.75. The highest BCUT2D eigenvalue weighted by atomic mass is 79.9. The van der Waals surface area contributed by atoms with Crippen LogP contribution in [-0.4, -0.2) is 0 Å². The van der Waals surface area contributed by atoms with Crippen LogP contribution in [0.1, 0.15) is 41.8 Å². The highest BCUT2D eigenvalue weighted by Crippen LogP contribution is 2.48. The molecule has 1 heteroatoms. The lowest BCUT2D eigenvalue weighted by molar-refractivity contribution is 0.521. The Hall–Kier alpha value is -0.300. The zero-order valence-electron chi connectivity index (χ0n) is 8.39. The van der Waals surface area contributed by atoms with Crippen LogP contribution >= 0.6 is 15.9 Å². The van der Waals surface area contributed by atoms with Crippen LogP contribution in [0.5, 0.6) is 0 Å². The second kappa shape index (κ2) is 2.84. The smallest absolute Gasteiger partial charge is 0.0406 e. The minimum atomic E-state index is 0.344. The fourth-order valence-corrected chi connectivity index (χ4v) is 3.41. The fraction of sp³-hybridized carbons (Fsp3) is 0.500. The van der Waals surface area contributed by atoms with Gasteiger partial charge in [-0.25, -0.2) is 0 Å². The molecule has 0 spiro atoms. The lowest BCUT2D eigenvalue weighted by Gasteiger charge is -2.18. The Kier molecular flexibility index (Phi) is 2.03. The van der Waals surface area contributed by atoms with Crippen molar-refractivity contribution in [2.45, 2.75) is 37.4 Å². The van der Waals surface area contributed by atoms with E-state index in [9.17, 15) is 0 Å². The van der Waals surface area contributed by atoms with Crippen LogP contribution in [0.25, 0.3) is 0 Å². The third-order valence-electron chi connectivity index (χ3n) is 2.96. The minimum Gasteiger partial charge on any atom is -0.0838 e. The summed E-state index contributed by atoms with van der Waals surface area (Å²) in [5.41, 5.74) is 4.71. The van der Waals surface area contributed by atoms with Gasteiger partial charge in [0.1, 0.15) is 0 Å². The normalized spacial score (nSPS) is 24.5. The molecule has 0 heterocycles. The average Bonchev–Trinajstić information content (AvgIpc) is 2.22. The van der Waals surface area contributed by atoms with E-state index in [1.165, 1.54) is 23.1 Å². The molecule has 0 saturated carbocycles. The first-order valence-electron chi connectivity index (χ1n) is 4.76. The van der Waals surface area contributed by atoms with Crippen LogP contribution in [0, 0.1) is 6.92 Å². The molecule has 1 unspecified atom stereocenters. The molecule has 0 amide bonds. The van der Waals surface area contributed by atoms with Crippen molar-refractivity contribution in [1.29, 1.82) is 0 Å². The third-order valence-corrected chi connectivity index (χ3v) is 3.78. The largest absolute Gasteiger partial charge is 0.0838 e. The molecule has 0 N–H and O–H groups in total. The molecule has 0 fully saturated rings. The standard InChI is InChI=1S/C12H15Br/c1-8-4-5-10-9(6-8)11(13)7-12(10,2)3/h4-6,11H,7H2,1-3H3. The van der Waals surface area contributed by atoms with Gasteiger partial charge in [0.05, 0.1) is 0 Å². The third kappa shape index (κ3) is 1.43. The maximum absolute atomic E-state index is 3.75. The van der Waals surface area contributed by atoms with E-state index in [1.807, 2.05) is 0 Å². The monoisotopic (exact) mass is 238 g/mol. The number of hydrogen-bond donors (Lipinski definition) is 0. The number of fused-ring (bicyclic) bond motifs is 1. The molecular formula is C12H15Br. The van der Waals surface area contributed by atoms with Gasteiger partial charge in [0, 0.05) is 4.83 Å². The summed E-state index contributed by atoms with van der Waals surface area (Å²) in [6.45, 7) is 6.80. The first-order valence-corrected chi connectivity index (χ1v) is 5.67. The number of halogens is 1. The highest BCUT2D eigenvalue weighted by Gasteiger charge is 2.35. The van der Waals surface area contributed by atoms with E-state index in [0.717, 1.165) is 0 Å². The van der Waals surface area contributed by atoms with Crippen molar-refractivity contribution >= 4 is 15.9 Å². The number of aryl methyl sites for hydroxylation is 1. The fourth-order valence-electron chi connectivity index (χ4n) is 2.23. The summed E-state index contributed by atoms with van der Waals surface area (Å²) in [7, 11) is 0. The van der Waals surface area contributed by atoms with Gasteiger partial charge in [-0.1, -0.05) is 53.5 Å². The van der Waals surface area contributed by atoms with Gasteiger partial charge in [-0.3, -0.25) is 0 Å². The van der Waals surface area contributed by atoms with Crippen LogP contribution in [0.4, 0.5) is 0 Å². The Labute approximate surface area is 88.5 Å². The first-order chi connectivity index (χ1) is 6.00. The Balaban J connectivity index is 2.59.